The Balaban J connectivity index is 0.00000140. The number of nitrogens with two attached hydrogens (primary N) is 2. The molecule has 0 spiro atoms. The van der Waals surface area contributed by atoms with E-state index in [0.29, 0.717) is 11.6 Å². The van der Waals surface area contributed by atoms with Crippen LogP contribution in [0.1, 0.15) is 38.2 Å². The van der Waals surface area contributed by atoms with Crippen molar-refractivity contribution in [1.82, 2.24) is 20.1 Å². The van der Waals surface area contributed by atoms with Crippen LogP contribution in [0.2, 0.25) is 0 Å². The van der Waals surface area contributed by atoms with Gasteiger partial charge in [-0.05, 0) is 56.7 Å². The summed E-state index contributed by atoms with van der Waals surface area (Å²) in [5, 5.41) is 10.1. The number of hydrogen-bond acceptors (Lipinski definition) is 5. The van der Waals surface area contributed by atoms with Crippen LogP contribution in [0.5, 0.6) is 0 Å². The molecule has 6 nitrogen and oxygen atoms in total. The monoisotopic (exact) mass is 424 g/mol. The average Bonchev–Trinajstić information content (AvgIpc) is 2.99. The fourth-order valence-electron chi connectivity index (χ4n) is 4.13. The van der Waals surface area contributed by atoms with E-state index >= 15 is 0 Å². The summed E-state index contributed by atoms with van der Waals surface area (Å²) in [6.07, 6.45) is 5.74. The zero-order valence-corrected chi connectivity index (χ0v) is 17.9. The van der Waals surface area contributed by atoms with Crippen LogP contribution in [0.4, 0.5) is 11.6 Å². The van der Waals surface area contributed by atoms with Crippen molar-refractivity contribution in [3.63, 3.8) is 0 Å². The molecule has 0 atom stereocenters. The molecule has 0 bridgehead atoms. The molecular weight excluding hydrogens is 395 g/mol. The zero-order valence-electron chi connectivity index (χ0n) is 16.3. The van der Waals surface area contributed by atoms with Crippen molar-refractivity contribution in [1.29, 1.82) is 0 Å². The molecule has 0 saturated carbocycles. The van der Waals surface area contributed by atoms with Crippen LogP contribution in [-0.4, -0.2) is 27.9 Å². The first kappa shape index (κ1) is 22.5. The van der Waals surface area contributed by atoms with Crippen LogP contribution < -0.4 is 16.8 Å². The van der Waals surface area contributed by atoms with E-state index in [1.54, 1.807) is 0 Å². The summed E-state index contributed by atoms with van der Waals surface area (Å²) in [5.41, 5.74) is 15.6. The van der Waals surface area contributed by atoms with Crippen molar-refractivity contribution in [3.05, 3.63) is 23.8 Å². The summed E-state index contributed by atoms with van der Waals surface area (Å²) < 4.78 is 1.85. The minimum absolute atomic E-state index is 0. The SMILES string of the molecule is CCCn1nc2c(N)nc3c(CCC4CCNCC4)cccc3c2c1N.Cl.Cl. The first-order valence-corrected chi connectivity index (χ1v) is 9.72. The Bertz CT molecular complexity index is 933. The van der Waals surface area contributed by atoms with Crippen molar-refractivity contribution in [3.8, 4) is 0 Å². The zero-order chi connectivity index (χ0) is 18.1. The first-order chi connectivity index (χ1) is 12.7. The molecule has 1 fully saturated rings. The topological polar surface area (TPSA) is 94.8 Å². The number of aryl methyl sites for hydroxylation is 2. The van der Waals surface area contributed by atoms with Crippen molar-refractivity contribution < 1.29 is 0 Å². The highest BCUT2D eigenvalue weighted by Gasteiger charge is 2.18. The van der Waals surface area contributed by atoms with Gasteiger partial charge in [-0.25, -0.2) is 9.67 Å². The van der Waals surface area contributed by atoms with Gasteiger partial charge >= 0.3 is 0 Å². The number of nitrogens with zero attached hydrogens (tertiary/aromatic N) is 3. The highest BCUT2D eigenvalue weighted by molar-refractivity contribution is 6.13. The van der Waals surface area contributed by atoms with E-state index in [1.807, 2.05) is 4.68 Å². The van der Waals surface area contributed by atoms with E-state index in [4.69, 9.17) is 16.5 Å². The number of nitrogen functional groups attached to an aromatic ring is 2. The summed E-state index contributed by atoms with van der Waals surface area (Å²) >= 11 is 0. The van der Waals surface area contributed by atoms with Crippen LogP contribution in [0.15, 0.2) is 18.2 Å². The van der Waals surface area contributed by atoms with E-state index in [1.165, 1.54) is 24.8 Å². The molecule has 2 aromatic heterocycles. The second kappa shape index (κ2) is 9.63. The van der Waals surface area contributed by atoms with Gasteiger partial charge in [0.15, 0.2) is 5.82 Å². The normalized spacial score (nSPS) is 14.8. The molecule has 1 aliphatic heterocycles. The minimum atomic E-state index is 0. The fourth-order valence-corrected chi connectivity index (χ4v) is 4.13. The van der Waals surface area contributed by atoms with E-state index in [9.17, 15) is 0 Å². The molecule has 3 heterocycles. The molecule has 1 saturated heterocycles. The smallest absolute Gasteiger partial charge is 0.152 e. The van der Waals surface area contributed by atoms with Crippen LogP contribution >= 0.6 is 24.8 Å². The Morgan fingerprint density at radius 2 is 1.89 bits per heavy atom. The average molecular weight is 425 g/mol. The largest absolute Gasteiger partial charge is 0.383 e. The lowest BCUT2D eigenvalue weighted by Crippen LogP contribution is -2.27. The van der Waals surface area contributed by atoms with Gasteiger partial charge in [0, 0.05) is 11.9 Å². The second-order valence-electron chi connectivity index (χ2n) is 7.37. The summed E-state index contributed by atoms with van der Waals surface area (Å²) in [5.74, 6) is 1.96. The van der Waals surface area contributed by atoms with Gasteiger partial charge in [-0.1, -0.05) is 25.1 Å². The maximum Gasteiger partial charge on any atom is 0.152 e. The third-order valence-corrected chi connectivity index (χ3v) is 5.57. The molecule has 0 radical (unpaired) electrons. The van der Waals surface area contributed by atoms with Crippen molar-refractivity contribution in [2.24, 2.45) is 5.92 Å². The Morgan fingerprint density at radius 1 is 1.14 bits per heavy atom. The molecule has 0 aliphatic carbocycles. The minimum Gasteiger partial charge on any atom is -0.383 e. The lowest BCUT2D eigenvalue weighted by atomic mass is 9.90. The van der Waals surface area contributed by atoms with Crippen molar-refractivity contribution >= 4 is 58.3 Å². The van der Waals surface area contributed by atoms with Gasteiger partial charge in [0.05, 0.1) is 10.9 Å². The predicted molar refractivity (Wildman–Crippen MR) is 123 cm³/mol. The molecule has 1 aliphatic rings. The van der Waals surface area contributed by atoms with Gasteiger partial charge < -0.3 is 16.8 Å². The standard InChI is InChI=1S/C20H28N6.2ClH/c1-2-12-26-20(22)16-15-5-3-4-14(7-6-13-8-10-23-11-9-13)17(15)24-19(21)18(16)25-26;;/h3-5,13,23H,2,6-12,22H2,1H3,(H2,21,24);2*1H. The lowest BCUT2D eigenvalue weighted by molar-refractivity contribution is 0.354. The van der Waals surface area contributed by atoms with E-state index in [-0.39, 0.29) is 24.8 Å². The lowest BCUT2D eigenvalue weighted by Gasteiger charge is -2.22. The number of hydrogen-bond donors (Lipinski definition) is 3. The Labute approximate surface area is 178 Å². The number of aromatic nitrogens is 3. The highest BCUT2D eigenvalue weighted by Crippen LogP contribution is 2.34. The number of anilines is 2. The molecule has 8 heteroatoms. The maximum atomic E-state index is 6.41. The third kappa shape index (κ3) is 4.14. The number of pyridine rings is 1. The molecule has 0 unspecified atom stereocenters. The number of para-hydroxylation sites is 1. The Kier molecular flexibility index (Phi) is 7.75. The molecule has 4 rings (SSSR count). The van der Waals surface area contributed by atoms with Gasteiger partial charge in [0.2, 0.25) is 0 Å². The quantitative estimate of drug-likeness (QED) is 0.576. The number of piperidine rings is 1. The Hall–Kier alpha value is -1.76. The first-order valence-electron chi connectivity index (χ1n) is 9.72. The van der Waals surface area contributed by atoms with E-state index in [0.717, 1.165) is 60.2 Å². The predicted octanol–water partition coefficient (Wildman–Crippen LogP) is 3.93. The van der Waals surface area contributed by atoms with Gasteiger partial charge in [0.1, 0.15) is 11.3 Å². The second-order valence-corrected chi connectivity index (χ2v) is 7.37. The van der Waals surface area contributed by atoms with Gasteiger partial charge in [-0.3, -0.25) is 0 Å². The van der Waals surface area contributed by atoms with Crippen LogP contribution in [0.3, 0.4) is 0 Å². The number of benzene rings is 1. The summed E-state index contributed by atoms with van der Waals surface area (Å²) in [7, 11) is 0. The number of fused-ring (bicyclic) bond motifs is 3. The molecule has 5 N–H and O–H groups in total. The van der Waals surface area contributed by atoms with Crippen molar-refractivity contribution in [2.75, 3.05) is 24.6 Å². The van der Waals surface area contributed by atoms with Crippen LogP contribution in [0.25, 0.3) is 21.8 Å². The van der Waals surface area contributed by atoms with Gasteiger partial charge in [-0.2, -0.15) is 5.10 Å². The molecule has 1 aromatic carbocycles. The molecule has 154 valence electrons. The van der Waals surface area contributed by atoms with Crippen LogP contribution in [-0.2, 0) is 13.0 Å². The van der Waals surface area contributed by atoms with E-state index < -0.39 is 0 Å². The maximum absolute atomic E-state index is 6.41. The van der Waals surface area contributed by atoms with Crippen molar-refractivity contribution in [2.45, 2.75) is 45.6 Å². The summed E-state index contributed by atoms with van der Waals surface area (Å²) in [6, 6.07) is 6.37. The molecular formula is C20H30Cl2N6. The summed E-state index contributed by atoms with van der Waals surface area (Å²) in [6.45, 7) is 5.18. The molecule has 3 aromatic rings. The van der Waals surface area contributed by atoms with Gasteiger partial charge in [-0.15, -0.1) is 24.8 Å². The van der Waals surface area contributed by atoms with Crippen LogP contribution in [0, 0.1) is 5.92 Å². The fraction of sp³-hybridized carbons (Fsp3) is 0.500. The molecule has 0 amide bonds. The third-order valence-electron chi connectivity index (χ3n) is 5.57. The number of rotatable bonds is 5. The van der Waals surface area contributed by atoms with E-state index in [2.05, 4.69) is 35.5 Å². The highest BCUT2D eigenvalue weighted by atomic mass is 35.5. The number of nitrogens with one attached hydrogen (secondary N) is 1. The molecule has 28 heavy (non-hydrogen) atoms. The van der Waals surface area contributed by atoms with Gasteiger partial charge in [0.25, 0.3) is 0 Å². The Morgan fingerprint density at radius 3 is 2.61 bits per heavy atom. The number of halogens is 2. The summed E-state index contributed by atoms with van der Waals surface area (Å²) in [4.78, 5) is 4.72.